The van der Waals surface area contributed by atoms with Crippen molar-refractivity contribution in [3.8, 4) is 0 Å². The zero-order chi connectivity index (χ0) is 15.2. The van der Waals surface area contributed by atoms with E-state index in [9.17, 15) is 4.79 Å². The Kier molecular flexibility index (Phi) is 5.27. The van der Waals surface area contributed by atoms with Gasteiger partial charge < -0.3 is 5.32 Å². The Balaban J connectivity index is 2.08. The van der Waals surface area contributed by atoms with Crippen LogP contribution in [0, 0.1) is 6.92 Å². The molecule has 0 fully saturated rings. The maximum Gasteiger partial charge on any atom is 0.276 e. The fourth-order valence-corrected chi connectivity index (χ4v) is 2.78. The van der Waals surface area contributed by atoms with Crippen LogP contribution in [0.15, 0.2) is 18.2 Å². The molecule has 0 atom stereocenters. The zero-order valence-electron chi connectivity index (χ0n) is 12.6. The number of hydrogen-bond donors (Lipinski definition) is 2. The van der Waals surface area contributed by atoms with Crippen molar-refractivity contribution < 1.29 is 4.79 Å². The molecule has 0 aliphatic carbocycles. The number of carbonyl (C=O) groups is 1. The van der Waals surface area contributed by atoms with E-state index >= 15 is 0 Å². The number of carbonyl (C=O) groups excluding carboxylic acids is 1. The number of amides is 1. The van der Waals surface area contributed by atoms with E-state index in [2.05, 4.69) is 34.4 Å². The van der Waals surface area contributed by atoms with Gasteiger partial charge in [-0.15, -0.1) is 11.3 Å². The van der Waals surface area contributed by atoms with E-state index in [4.69, 9.17) is 0 Å². The Hall–Kier alpha value is -1.95. The summed E-state index contributed by atoms with van der Waals surface area (Å²) in [6, 6.07) is 5.38. The van der Waals surface area contributed by atoms with Gasteiger partial charge in [0, 0.05) is 11.4 Å². The summed E-state index contributed by atoms with van der Waals surface area (Å²) in [7, 11) is 0. The molecule has 2 aromatic rings. The van der Waals surface area contributed by atoms with Crippen molar-refractivity contribution in [2.75, 3.05) is 17.2 Å². The molecular weight excluding hydrogens is 284 g/mol. The molecule has 2 rings (SSSR count). The molecule has 0 radical (unpaired) electrons. The highest BCUT2D eigenvalue weighted by atomic mass is 32.1. The Bertz CT molecular complexity index is 624. The van der Waals surface area contributed by atoms with E-state index < -0.39 is 0 Å². The highest BCUT2D eigenvalue weighted by Gasteiger charge is 2.12. The highest BCUT2D eigenvalue weighted by molar-refractivity contribution is 7.15. The third-order valence-electron chi connectivity index (χ3n) is 2.99. The van der Waals surface area contributed by atoms with Crippen molar-refractivity contribution in [3.63, 3.8) is 0 Å². The van der Waals surface area contributed by atoms with Gasteiger partial charge in [0.25, 0.3) is 5.91 Å². The molecule has 0 unspecified atom stereocenters. The van der Waals surface area contributed by atoms with Gasteiger partial charge in [-0.3, -0.25) is 10.1 Å². The molecule has 5 nitrogen and oxygen atoms in total. The molecule has 0 aliphatic rings. The fourth-order valence-electron chi connectivity index (χ4n) is 1.88. The summed E-state index contributed by atoms with van der Waals surface area (Å²) in [5.41, 5.74) is 1.42. The van der Waals surface area contributed by atoms with Crippen molar-refractivity contribution in [2.24, 2.45) is 0 Å². The topological polar surface area (TPSA) is 66.9 Å². The van der Waals surface area contributed by atoms with E-state index in [1.807, 2.05) is 19.1 Å². The second kappa shape index (κ2) is 7.17. The normalized spacial score (nSPS) is 10.4. The maximum atomic E-state index is 12.2. The largest absolute Gasteiger partial charge is 0.370 e. The minimum absolute atomic E-state index is 0.230. The van der Waals surface area contributed by atoms with Crippen LogP contribution in [-0.2, 0) is 6.42 Å². The molecule has 2 N–H and O–H groups in total. The second-order valence-corrected chi connectivity index (χ2v) is 5.87. The first-order chi connectivity index (χ1) is 10.1. The predicted molar refractivity (Wildman–Crippen MR) is 87.2 cm³/mol. The van der Waals surface area contributed by atoms with Gasteiger partial charge in [-0.25, -0.2) is 9.97 Å². The molecular formula is C15H20N4OS. The first-order valence-corrected chi connectivity index (χ1v) is 7.94. The molecule has 112 valence electrons. The Labute approximate surface area is 128 Å². The summed E-state index contributed by atoms with van der Waals surface area (Å²) in [4.78, 5) is 22.1. The summed E-state index contributed by atoms with van der Waals surface area (Å²) >= 11 is 1.49. The molecule has 6 heteroatoms. The standard InChI is InChI=1S/C15H20N4OS/c1-4-9-16-13-8-6-7-12(17-13)14(20)19-15-18-11(5-2)10(3)21-15/h6-8H,4-5,9H2,1-3H3,(H,16,17)(H,18,19,20). The molecule has 0 aromatic carbocycles. The van der Waals surface area contributed by atoms with Crippen LogP contribution >= 0.6 is 11.3 Å². The molecule has 2 aromatic heterocycles. The van der Waals surface area contributed by atoms with Crippen molar-refractivity contribution in [1.29, 1.82) is 0 Å². The lowest BCUT2D eigenvalue weighted by Crippen LogP contribution is -2.14. The first-order valence-electron chi connectivity index (χ1n) is 7.12. The summed E-state index contributed by atoms with van der Waals surface area (Å²) in [6.45, 7) is 6.99. The van der Waals surface area contributed by atoms with Gasteiger partial charge in [0.1, 0.15) is 11.5 Å². The van der Waals surface area contributed by atoms with Crippen LogP contribution in [0.5, 0.6) is 0 Å². The molecule has 0 aliphatic heterocycles. The smallest absolute Gasteiger partial charge is 0.276 e. The van der Waals surface area contributed by atoms with Crippen LogP contribution in [0.1, 0.15) is 41.3 Å². The minimum Gasteiger partial charge on any atom is -0.370 e. The molecule has 21 heavy (non-hydrogen) atoms. The summed E-state index contributed by atoms with van der Waals surface area (Å²) in [5, 5.41) is 6.61. The first kappa shape index (κ1) is 15.4. The van der Waals surface area contributed by atoms with Gasteiger partial charge in [-0.05, 0) is 31.9 Å². The minimum atomic E-state index is -0.230. The van der Waals surface area contributed by atoms with Crippen LogP contribution in [0.2, 0.25) is 0 Å². The lowest BCUT2D eigenvalue weighted by atomic mass is 10.3. The van der Waals surface area contributed by atoms with Gasteiger partial charge in [0.2, 0.25) is 0 Å². The van der Waals surface area contributed by atoms with Crippen LogP contribution in [-0.4, -0.2) is 22.4 Å². The number of nitrogens with one attached hydrogen (secondary N) is 2. The van der Waals surface area contributed by atoms with Crippen LogP contribution < -0.4 is 10.6 Å². The van der Waals surface area contributed by atoms with Gasteiger partial charge in [-0.2, -0.15) is 0 Å². The van der Waals surface area contributed by atoms with E-state index in [0.29, 0.717) is 16.6 Å². The van der Waals surface area contributed by atoms with Crippen LogP contribution in [0.25, 0.3) is 0 Å². The second-order valence-electron chi connectivity index (χ2n) is 4.66. The quantitative estimate of drug-likeness (QED) is 0.857. The number of anilines is 2. The average molecular weight is 304 g/mol. The van der Waals surface area contributed by atoms with Crippen LogP contribution in [0.4, 0.5) is 10.9 Å². The number of nitrogens with zero attached hydrogens (tertiary/aromatic N) is 2. The van der Waals surface area contributed by atoms with Crippen molar-refractivity contribution in [3.05, 3.63) is 34.5 Å². The van der Waals surface area contributed by atoms with E-state index in [-0.39, 0.29) is 5.91 Å². The maximum absolute atomic E-state index is 12.2. The summed E-state index contributed by atoms with van der Waals surface area (Å²) in [5.74, 6) is 0.487. The number of aryl methyl sites for hydroxylation is 2. The third kappa shape index (κ3) is 4.01. The molecule has 0 saturated heterocycles. The average Bonchev–Trinajstić information content (AvgIpc) is 2.85. The van der Waals surface area contributed by atoms with Crippen molar-refractivity contribution in [1.82, 2.24) is 9.97 Å². The molecule has 1 amide bonds. The molecule has 0 bridgehead atoms. The molecule has 0 spiro atoms. The number of thiazole rings is 1. The SMILES string of the molecule is CCCNc1cccc(C(=O)Nc2nc(CC)c(C)s2)n1. The van der Waals surface area contributed by atoms with E-state index in [1.165, 1.54) is 11.3 Å². The van der Waals surface area contributed by atoms with Gasteiger partial charge in [0.05, 0.1) is 5.69 Å². The third-order valence-corrected chi connectivity index (χ3v) is 3.91. The lowest BCUT2D eigenvalue weighted by Gasteiger charge is -2.06. The zero-order valence-corrected chi connectivity index (χ0v) is 13.4. The highest BCUT2D eigenvalue weighted by Crippen LogP contribution is 2.22. The van der Waals surface area contributed by atoms with Crippen LogP contribution in [0.3, 0.4) is 0 Å². The van der Waals surface area contributed by atoms with Gasteiger partial charge in [0.15, 0.2) is 5.13 Å². The predicted octanol–water partition coefficient (Wildman–Crippen LogP) is 3.48. The number of aromatic nitrogens is 2. The van der Waals surface area contributed by atoms with E-state index in [1.54, 1.807) is 6.07 Å². The Morgan fingerprint density at radius 1 is 1.29 bits per heavy atom. The monoisotopic (exact) mass is 304 g/mol. The Morgan fingerprint density at radius 2 is 2.10 bits per heavy atom. The lowest BCUT2D eigenvalue weighted by molar-refractivity contribution is 0.102. The number of pyridine rings is 1. The van der Waals surface area contributed by atoms with E-state index in [0.717, 1.165) is 30.0 Å². The number of hydrogen-bond acceptors (Lipinski definition) is 5. The molecule has 2 heterocycles. The van der Waals surface area contributed by atoms with Gasteiger partial charge >= 0.3 is 0 Å². The van der Waals surface area contributed by atoms with Crippen molar-refractivity contribution in [2.45, 2.75) is 33.6 Å². The Morgan fingerprint density at radius 3 is 2.76 bits per heavy atom. The fraction of sp³-hybridized carbons (Fsp3) is 0.400. The number of rotatable bonds is 6. The molecule has 0 saturated carbocycles. The summed E-state index contributed by atoms with van der Waals surface area (Å²) < 4.78 is 0. The van der Waals surface area contributed by atoms with Crippen molar-refractivity contribution >= 4 is 28.2 Å². The van der Waals surface area contributed by atoms with Gasteiger partial charge in [-0.1, -0.05) is 19.9 Å². The summed E-state index contributed by atoms with van der Waals surface area (Å²) in [6.07, 6.45) is 1.88.